The Morgan fingerprint density at radius 2 is 2.00 bits per heavy atom. The van der Waals surface area contributed by atoms with Gasteiger partial charge in [-0.15, -0.1) is 0 Å². The number of nitrogens with zero attached hydrogens (tertiary/aromatic N) is 2. The number of rotatable bonds is 6. The molecule has 0 bridgehead atoms. The maximum absolute atomic E-state index is 5.83. The minimum atomic E-state index is 0.0757. The fourth-order valence-electron chi connectivity index (χ4n) is 2.12. The van der Waals surface area contributed by atoms with Crippen LogP contribution in [0.25, 0.3) is 0 Å². The topological polar surface area (TPSA) is 47.0 Å². The van der Waals surface area contributed by atoms with E-state index in [0.29, 0.717) is 12.5 Å². The summed E-state index contributed by atoms with van der Waals surface area (Å²) >= 11 is 0. The maximum atomic E-state index is 5.83. The minimum absolute atomic E-state index is 0.0757. The zero-order chi connectivity index (χ0) is 13.1. The Morgan fingerprint density at radius 1 is 1.28 bits per heavy atom. The SMILES string of the molecule is CCNc1nc(C(OCC)C2CC2)nc(C)c1C. The van der Waals surface area contributed by atoms with E-state index in [1.807, 2.05) is 13.8 Å². The first-order chi connectivity index (χ1) is 8.67. The van der Waals surface area contributed by atoms with Crippen molar-refractivity contribution in [1.82, 2.24) is 9.97 Å². The van der Waals surface area contributed by atoms with Crippen LogP contribution in [0.4, 0.5) is 5.82 Å². The van der Waals surface area contributed by atoms with E-state index in [4.69, 9.17) is 4.74 Å². The molecule has 2 rings (SSSR count). The van der Waals surface area contributed by atoms with Gasteiger partial charge < -0.3 is 10.1 Å². The summed E-state index contributed by atoms with van der Waals surface area (Å²) < 4.78 is 5.83. The highest BCUT2D eigenvalue weighted by Gasteiger charge is 2.35. The average molecular weight is 249 g/mol. The molecule has 1 fully saturated rings. The van der Waals surface area contributed by atoms with Gasteiger partial charge in [0.1, 0.15) is 11.9 Å². The molecule has 0 radical (unpaired) electrons. The first-order valence-electron chi connectivity index (χ1n) is 6.88. The third-order valence-electron chi connectivity index (χ3n) is 3.40. The van der Waals surface area contributed by atoms with E-state index in [1.165, 1.54) is 12.8 Å². The third-order valence-corrected chi connectivity index (χ3v) is 3.40. The van der Waals surface area contributed by atoms with Crippen molar-refractivity contribution in [2.75, 3.05) is 18.5 Å². The lowest BCUT2D eigenvalue weighted by atomic mass is 10.2. The molecule has 1 aromatic heterocycles. The Kier molecular flexibility index (Phi) is 4.17. The summed E-state index contributed by atoms with van der Waals surface area (Å²) in [7, 11) is 0. The van der Waals surface area contributed by atoms with Crippen molar-refractivity contribution < 1.29 is 4.74 Å². The summed E-state index contributed by atoms with van der Waals surface area (Å²) in [6.07, 6.45) is 2.54. The summed E-state index contributed by atoms with van der Waals surface area (Å²) in [6.45, 7) is 9.80. The molecular formula is C14H23N3O. The van der Waals surface area contributed by atoms with E-state index in [0.717, 1.165) is 29.4 Å². The second kappa shape index (κ2) is 5.65. The van der Waals surface area contributed by atoms with Gasteiger partial charge in [-0.05, 0) is 46.5 Å². The molecule has 0 spiro atoms. The Balaban J connectivity index is 2.30. The third kappa shape index (κ3) is 2.80. The summed E-state index contributed by atoms with van der Waals surface area (Å²) in [5.74, 6) is 2.41. The van der Waals surface area contributed by atoms with Gasteiger partial charge in [0.05, 0.1) is 0 Å². The van der Waals surface area contributed by atoms with Crippen molar-refractivity contribution in [3.05, 3.63) is 17.1 Å². The molecule has 0 aromatic carbocycles. The standard InChI is InChI=1S/C14H23N3O/c1-5-15-13-9(3)10(4)16-14(17-13)12(18-6-2)11-7-8-11/h11-12H,5-8H2,1-4H3,(H,15,16,17). The van der Waals surface area contributed by atoms with Gasteiger partial charge >= 0.3 is 0 Å². The number of hydrogen-bond donors (Lipinski definition) is 1. The second-order valence-electron chi connectivity index (χ2n) is 4.88. The lowest BCUT2D eigenvalue weighted by Crippen LogP contribution is -2.14. The molecule has 0 amide bonds. The lowest BCUT2D eigenvalue weighted by molar-refractivity contribution is 0.0400. The number of aryl methyl sites for hydroxylation is 1. The van der Waals surface area contributed by atoms with Crippen molar-refractivity contribution in [2.24, 2.45) is 5.92 Å². The molecule has 0 aliphatic heterocycles. The molecule has 1 aliphatic rings. The van der Waals surface area contributed by atoms with Gasteiger partial charge in [-0.2, -0.15) is 0 Å². The smallest absolute Gasteiger partial charge is 0.160 e. The second-order valence-corrected chi connectivity index (χ2v) is 4.88. The number of hydrogen-bond acceptors (Lipinski definition) is 4. The monoisotopic (exact) mass is 249 g/mol. The van der Waals surface area contributed by atoms with Gasteiger partial charge in [-0.1, -0.05) is 0 Å². The zero-order valence-electron chi connectivity index (χ0n) is 11.8. The normalized spacial score (nSPS) is 16.7. The van der Waals surface area contributed by atoms with Crippen molar-refractivity contribution in [3.8, 4) is 0 Å². The van der Waals surface area contributed by atoms with Crippen LogP contribution in [-0.2, 0) is 4.74 Å². The highest BCUT2D eigenvalue weighted by molar-refractivity contribution is 5.45. The fraction of sp³-hybridized carbons (Fsp3) is 0.714. The largest absolute Gasteiger partial charge is 0.370 e. The molecule has 1 atom stereocenters. The van der Waals surface area contributed by atoms with E-state index in [2.05, 4.69) is 29.1 Å². The lowest BCUT2D eigenvalue weighted by Gasteiger charge is -2.18. The predicted octanol–water partition coefficient (Wildman–Crippen LogP) is 3.01. The minimum Gasteiger partial charge on any atom is -0.370 e. The summed E-state index contributed by atoms with van der Waals surface area (Å²) in [5.41, 5.74) is 2.17. The van der Waals surface area contributed by atoms with Crippen LogP contribution in [0.5, 0.6) is 0 Å². The van der Waals surface area contributed by atoms with Crippen LogP contribution in [0.15, 0.2) is 0 Å². The summed E-state index contributed by atoms with van der Waals surface area (Å²) in [4.78, 5) is 9.28. The maximum Gasteiger partial charge on any atom is 0.160 e. The number of ether oxygens (including phenoxy) is 1. The molecule has 4 nitrogen and oxygen atoms in total. The molecule has 100 valence electrons. The van der Waals surface area contributed by atoms with Gasteiger partial charge in [-0.25, -0.2) is 9.97 Å². The number of anilines is 1. The highest BCUT2D eigenvalue weighted by atomic mass is 16.5. The molecule has 1 aromatic rings. The van der Waals surface area contributed by atoms with Crippen LogP contribution in [0.2, 0.25) is 0 Å². The van der Waals surface area contributed by atoms with Crippen LogP contribution >= 0.6 is 0 Å². The van der Waals surface area contributed by atoms with Gasteiger partial charge in [-0.3, -0.25) is 0 Å². The van der Waals surface area contributed by atoms with Gasteiger partial charge in [0, 0.05) is 24.4 Å². The summed E-state index contributed by atoms with van der Waals surface area (Å²) in [6, 6.07) is 0. The number of nitrogens with one attached hydrogen (secondary N) is 1. The Morgan fingerprint density at radius 3 is 2.56 bits per heavy atom. The Bertz CT molecular complexity index is 416. The van der Waals surface area contributed by atoms with Gasteiger partial charge in [0.25, 0.3) is 0 Å². The van der Waals surface area contributed by atoms with Crippen LogP contribution < -0.4 is 5.32 Å². The fourth-order valence-corrected chi connectivity index (χ4v) is 2.12. The summed E-state index contributed by atoms with van der Waals surface area (Å²) in [5, 5.41) is 3.31. The highest BCUT2D eigenvalue weighted by Crippen LogP contribution is 2.42. The quantitative estimate of drug-likeness (QED) is 0.842. The molecule has 1 aliphatic carbocycles. The first kappa shape index (κ1) is 13.3. The van der Waals surface area contributed by atoms with E-state index < -0.39 is 0 Å². The molecule has 1 saturated carbocycles. The molecular weight excluding hydrogens is 226 g/mol. The average Bonchev–Trinajstić information content (AvgIpc) is 3.16. The van der Waals surface area contributed by atoms with E-state index in [9.17, 15) is 0 Å². The van der Waals surface area contributed by atoms with Crippen LogP contribution in [-0.4, -0.2) is 23.1 Å². The molecule has 1 unspecified atom stereocenters. The number of aromatic nitrogens is 2. The Labute approximate surface area is 109 Å². The van der Waals surface area contributed by atoms with Gasteiger partial charge in [0.2, 0.25) is 0 Å². The van der Waals surface area contributed by atoms with Crippen LogP contribution in [0, 0.1) is 19.8 Å². The van der Waals surface area contributed by atoms with E-state index >= 15 is 0 Å². The molecule has 1 heterocycles. The van der Waals surface area contributed by atoms with Crippen molar-refractivity contribution in [1.29, 1.82) is 0 Å². The van der Waals surface area contributed by atoms with Crippen LogP contribution in [0.3, 0.4) is 0 Å². The van der Waals surface area contributed by atoms with Gasteiger partial charge in [0.15, 0.2) is 5.82 Å². The van der Waals surface area contributed by atoms with E-state index in [-0.39, 0.29) is 6.10 Å². The van der Waals surface area contributed by atoms with Crippen LogP contribution in [0.1, 0.15) is 49.9 Å². The zero-order valence-corrected chi connectivity index (χ0v) is 11.8. The van der Waals surface area contributed by atoms with Crippen molar-refractivity contribution in [2.45, 2.75) is 46.6 Å². The van der Waals surface area contributed by atoms with Crippen molar-refractivity contribution >= 4 is 5.82 Å². The van der Waals surface area contributed by atoms with Crippen molar-refractivity contribution in [3.63, 3.8) is 0 Å². The Hall–Kier alpha value is -1.16. The molecule has 18 heavy (non-hydrogen) atoms. The predicted molar refractivity (Wildman–Crippen MR) is 72.8 cm³/mol. The molecule has 4 heteroatoms. The molecule has 1 N–H and O–H groups in total. The molecule has 0 saturated heterocycles. The van der Waals surface area contributed by atoms with E-state index in [1.54, 1.807) is 0 Å². The first-order valence-corrected chi connectivity index (χ1v) is 6.88.